The van der Waals surface area contributed by atoms with Crippen LogP contribution in [0.4, 0.5) is 0 Å². The average Bonchev–Trinajstić information content (AvgIpc) is 2.64. The molecule has 0 spiro atoms. The monoisotopic (exact) mass is 213 g/mol. The molecule has 1 saturated heterocycles. The lowest BCUT2D eigenvalue weighted by atomic mass is 9.88. The molecular weight excluding hydrogens is 194 g/mol. The summed E-state index contributed by atoms with van der Waals surface area (Å²) in [6, 6.07) is -0.608. The molecule has 1 amide bonds. The second-order valence-electron chi connectivity index (χ2n) is 4.73. The molecule has 0 aromatic rings. The first-order valence-corrected chi connectivity index (χ1v) is 5.44. The molecule has 1 aliphatic rings. The Morgan fingerprint density at radius 2 is 2.07 bits per heavy atom. The Balaban J connectivity index is 2.79. The Kier molecular flexibility index (Phi) is 3.37. The minimum Gasteiger partial charge on any atom is -0.480 e. The summed E-state index contributed by atoms with van der Waals surface area (Å²) < 4.78 is 0. The second kappa shape index (κ2) is 4.21. The highest BCUT2D eigenvalue weighted by Crippen LogP contribution is 2.28. The molecule has 15 heavy (non-hydrogen) atoms. The van der Waals surface area contributed by atoms with Gasteiger partial charge in [-0.3, -0.25) is 4.79 Å². The predicted octanol–water partition coefficient (Wildman–Crippen LogP) is 1.50. The van der Waals surface area contributed by atoms with E-state index in [1.165, 1.54) is 4.90 Å². The van der Waals surface area contributed by atoms with Gasteiger partial charge < -0.3 is 10.0 Å². The molecule has 0 saturated carbocycles. The molecule has 0 bridgehead atoms. The number of carboxylic acid groups (broad SMARTS) is 1. The van der Waals surface area contributed by atoms with Gasteiger partial charge in [0.25, 0.3) is 0 Å². The number of hydrogen-bond acceptors (Lipinski definition) is 2. The molecular formula is C11H19NO3. The summed E-state index contributed by atoms with van der Waals surface area (Å²) in [5, 5.41) is 8.98. The van der Waals surface area contributed by atoms with E-state index in [0.717, 1.165) is 12.8 Å². The summed E-state index contributed by atoms with van der Waals surface area (Å²) in [6.07, 6.45) is 2.11. The van der Waals surface area contributed by atoms with Gasteiger partial charge in [-0.15, -0.1) is 0 Å². The second-order valence-corrected chi connectivity index (χ2v) is 4.73. The highest BCUT2D eigenvalue weighted by Gasteiger charge is 2.39. The number of amides is 1. The summed E-state index contributed by atoms with van der Waals surface area (Å²) in [4.78, 5) is 24.5. The maximum absolute atomic E-state index is 12.1. The van der Waals surface area contributed by atoms with E-state index in [1.807, 2.05) is 20.8 Å². The zero-order chi connectivity index (χ0) is 11.6. The van der Waals surface area contributed by atoms with Crippen molar-refractivity contribution in [2.45, 2.75) is 46.1 Å². The van der Waals surface area contributed by atoms with Crippen LogP contribution < -0.4 is 0 Å². The molecule has 86 valence electrons. The van der Waals surface area contributed by atoms with Gasteiger partial charge in [0, 0.05) is 12.0 Å². The molecule has 0 aromatic carbocycles. The molecule has 1 heterocycles. The Morgan fingerprint density at radius 1 is 1.47 bits per heavy atom. The smallest absolute Gasteiger partial charge is 0.326 e. The third-order valence-corrected chi connectivity index (χ3v) is 3.26. The van der Waals surface area contributed by atoms with Crippen LogP contribution >= 0.6 is 0 Å². The van der Waals surface area contributed by atoms with E-state index in [-0.39, 0.29) is 5.91 Å². The van der Waals surface area contributed by atoms with Crippen LogP contribution in [0.3, 0.4) is 0 Å². The van der Waals surface area contributed by atoms with Crippen LogP contribution in [0.25, 0.3) is 0 Å². The summed E-state index contributed by atoms with van der Waals surface area (Å²) >= 11 is 0. The Morgan fingerprint density at radius 3 is 2.53 bits per heavy atom. The molecule has 1 fully saturated rings. The van der Waals surface area contributed by atoms with E-state index in [0.29, 0.717) is 13.0 Å². The van der Waals surface area contributed by atoms with E-state index in [1.54, 1.807) is 0 Å². The van der Waals surface area contributed by atoms with Crippen molar-refractivity contribution in [2.75, 3.05) is 6.54 Å². The van der Waals surface area contributed by atoms with Gasteiger partial charge in [-0.1, -0.05) is 20.8 Å². The lowest BCUT2D eigenvalue weighted by Gasteiger charge is -2.30. The summed E-state index contributed by atoms with van der Waals surface area (Å²) in [5.41, 5.74) is -0.446. The van der Waals surface area contributed by atoms with Gasteiger partial charge in [0.05, 0.1) is 0 Å². The van der Waals surface area contributed by atoms with Gasteiger partial charge in [-0.05, 0) is 19.3 Å². The molecule has 4 nitrogen and oxygen atoms in total. The predicted molar refractivity (Wildman–Crippen MR) is 56.4 cm³/mol. The third-order valence-electron chi connectivity index (χ3n) is 3.26. The maximum atomic E-state index is 12.1. The minimum absolute atomic E-state index is 0.0325. The number of rotatable bonds is 3. The van der Waals surface area contributed by atoms with Crippen molar-refractivity contribution in [2.24, 2.45) is 5.41 Å². The molecule has 1 rings (SSSR count). The lowest BCUT2D eigenvalue weighted by molar-refractivity contribution is -0.152. The standard InChI is InChI=1S/C11H19NO3/c1-4-11(2,3)10(15)12-7-5-6-8(12)9(13)14/h8H,4-7H2,1-3H3,(H,13,14)/t8-/m1/s1. The SMILES string of the molecule is CCC(C)(C)C(=O)N1CCC[C@@H]1C(=O)O. The number of carboxylic acids is 1. The van der Waals surface area contributed by atoms with Gasteiger partial charge >= 0.3 is 5.97 Å². The summed E-state index contributed by atoms with van der Waals surface area (Å²) in [5.74, 6) is -0.914. The highest BCUT2D eigenvalue weighted by molar-refractivity contribution is 5.87. The molecule has 0 unspecified atom stereocenters. The number of carbonyl (C=O) groups excluding carboxylic acids is 1. The number of carbonyl (C=O) groups is 2. The van der Waals surface area contributed by atoms with Crippen molar-refractivity contribution in [3.8, 4) is 0 Å². The van der Waals surface area contributed by atoms with Crippen LogP contribution in [0.1, 0.15) is 40.0 Å². The van der Waals surface area contributed by atoms with Crippen molar-refractivity contribution in [3.05, 3.63) is 0 Å². The van der Waals surface area contributed by atoms with Gasteiger partial charge in [-0.25, -0.2) is 4.79 Å². The first kappa shape index (κ1) is 12.0. The molecule has 1 aliphatic heterocycles. The summed E-state index contributed by atoms with van der Waals surface area (Å²) in [7, 11) is 0. The molecule has 0 aliphatic carbocycles. The van der Waals surface area contributed by atoms with E-state index in [4.69, 9.17) is 5.11 Å². The average molecular weight is 213 g/mol. The number of hydrogen-bond donors (Lipinski definition) is 1. The zero-order valence-corrected chi connectivity index (χ0v) is 9.62. The van der Waals surface area contributed by atoms with Gasteiger partial charge in [-0.2, -0.15) is 0 Å². The molecule has 4 heteroatoms. The fourth-order valence-electron chi connectivity index (χ4n) is 1.81. The fraction of sp³-hybridized carbons (Fsp3) is 0.818. The normalized spacial score (nSPS) is 21.8. The minimum atomic E-state index is -0.882. The highest BCUT2D eigenvalue weighted by atomic mass is 16.4. The van der Waals surface area contributed by atoms with E-state index in [2.05, 4.69) is 0 Å². The fourth-order valence-corrected chi connectivity index (χ4v) is 1.81. The molecule has 0 aromatic heterocycles. The van der Waals surface area contributed by atoms with Crippen LogP contribution in [0.2, 0.25) is 0 Å². The van der Waals surface area contributed by atoms with Crippen molar-refractivity contribution in [1.82, 2.24) is 4.90 Å². The van der Waals surface area contributed by atoms with E-state index in [9.17, 15) is 9.59 Å². The van der Waals surface area contributed by atoms with Gasteiger partial charge in [0.1, 0.15) is 6.04 Å². The Hall–Kier alpha value is -1.06. The van der Waals surface area contributed by atoms with Crippen LogP contribution in [-0.2, 0) is 9.59 Å². The van der Waals surface area contributed by atoms with Gasteiger partial charge in [0.15, 0.2) is 0 Å². The van der Waals surface area contributed by atoms with E-state index >= 15 is 0 Å². The molecule has 1 N–H and O–H groups in total. The number of likely N-dealkylation sites (tertiary alicyclic amines) is 1. The number of aliphatic carboxylic acids is 1. The summed E-state index contributed by atoms with van der Waals surface area (Å²) in [6.45, 7) is 6.27. The zero-order valence-electron chi connectivity index (χ0n) is 9.62. The van der Waals surface area contributed by atoms with Gasteiger partial charge in [0.2, 0.25) is 5.91 Å². The van der Waals surface area contributed by atoms with Crippen LogP contribution in [0.5, 0.6) is 0 Å². The lowest BCUT2D eigenvalue weighted by Crippen LogP contribution is -2.46. The molecule has 1 atom stereocenters. The quantitative estimate of drug-likeness (QED) is 0.772. The third kappa shape index (κ3) is 2.30. The van der Waals surface area contributed by atoms with E-state index < -0.39 is 17.4 Å². The van der Waals surface area contributed by atoms with Crippen molar-refractivity contribution < 1.29 is 14.7 Å². The van der Waals surface area contributed by atoms with Crippen molar-refractivity contribution >= 4 is 11.9 Å². The largest absolute Gasteiger partial charge is 0.480 e. The number of nitrogens with zero attached hydrogens (tertiary/aromatic N) is 1. The topological polar surface area (TPSA) is 57.6 Å². The molecule has 0 radical (unpaired) electrons. The Labute approximate surface area is 90.3 Å². The van der Waals surface area contributed by atoms with Crippen LogP contribution in [0.15, 0.2) is 0 Å². The first-order valence-electron chi connectivity index (χ1n) is 5.44. The first-order chi connectivity index (χ1) is 6.90. The Bertz CT molecular complexity index is 273. The van der Waals surface area contributed by atoms with Crippen molar-refractivity contribution in [1.29, 1.82) is 0 Å². The maximum Gasteiger partial charge on any atom is 0.326 e. The van der Waals surface area contributed by atoms with Crippen LogP contribution in [0, 0.1) is 5.41 Å². The van der Waals surface area contributed by atoms with Crippen LogP contribution in [-0.4, -0.2) is 34.5 Å². The van der Waals surface area contributed by atoms with Crippen molar-refractivity contribution in [3.63, 3.8) is 0 Å².